The van der Waals surface area contributed by atoms with Gasteiger partial charge < -0.3 is 4.57 Å². The highest BCUT2D eigenvalue weighted by Gasteiger charge is 2.11. The fourth-order valence-electron chi connectivity index (χ4n) is 2.13. The minimum absolute atomic E-state index is 0.541. The van der Waals surface area contributed by atoms with Gasteiger partial charge in [0.1, 0.15) is 5.65 Å². The maximum atomic E-state index is 4.57. The molecule has 2 heterocycles. The zero-order valence-electron chi connectivity index (χ0n) is 10.8. The van der Waals surface area contributed by atoms with E-state index in [1.807, 2.05) is 6.20 Å². The van der Waals surface area contributed by atoms with Crippen LogP contribution in [-0.4, -0.2) is 9.55 Å². The van der Waals surface area contributed by atoms with Crippen LogP contribution in [0.15, 0.2) is 18.3 Å². The van der Waals surface area contributed by atoms with E-state index < -0.39 is 0 Å². The van der Waals surface area contributed by atoms with Crippen molar-refractivity contribution in [3.63, 3.8) is 0 Å². The third kappa shape index (κ3) is 1.73. The number of rotatable bonds is 2. The molecule has 16 heavy (non-hydrogen) atoms. The van der Waals surface area contributed by atoms with Crippen molar-refractivity contribution in [1.82, 2.24) is 9.55 Å². The van der Waals surface area contributed by atoms with Crippen molar-refractivity contribution in [2.45, 2.75) is 39.5 Å². The predicted octanol–water partition coefficient (Wildman–Crippen LogP) is 3.82. The van der Waals surface area contributed by atoms with Gasteiger partial charge in [-0.3, -0.25) is 0 Å². The Morgan fingerprint density at radius 2 is 1.75 bits per heavy atom. The summed E-state index contributed by atoms with van der Waals surface area (Å²) in [7, 11) is 2.10. The van der Waals surface area contributed by atoms with Crippen LogP contribution in [0.3, 0.4) is 0 Å². The monoisotopic (exact) mass is 216 g/mol. The second-order valence-corrected chi connectivity index (χ2v) is 5.12. The van der Waals surface area contributed by atoms with E-state index in [9.17, 15) is 0 Å². The summed E-state index contributed by atoms with van der Waals surface area (Å²) in [4.78, 5) is 4.57. The van der Waals surface area contributed by atoms with E-state index in [1.54, 1.807) is 0 Å². The van der Waals surface area contributed by atoms with Gasteiger partial charge in [0.15, 0.2) is 0 Å². The maximum absolute atomic E-state index is 4.57. The van der Waals surface area contributed by atoms with Gasteiger partial charge in [-0.15, -0.1) is 0 Å². The summed E-state index contributed by atoms with van der Waals surface area (Å²) in [5, 5.41) is 1.26. The first-order valence-electron chi connectivity index (χ1n) is 5.96. The standard InChI is InChI=1S/C14H20N2/c1-9(2)12-6-11-7-13(10(3)4)16(5)14(11)15-8-12/h6-10H,1-5H3. The molecule has 0 radical (unpaired) electrons. The fraction of sp³-hybridized carbons (Fsp3) is 0.500. The molecule has 0 aromatic carbocycles. The van der Waals surface area contributed by atoms with Crippen LogP contribution in [0.25, 0.3) is 11.0 Å². The summed E-state index contributed by atoms with van der Waals surface area (Å²) in [6, 6.07) is 4.53. The third-order valence-electron chi connectivity index (χ3n) is 3.18. The predicted molar refractivity (Wildman–Crippen MR) is 68.9 cm³/mol. The molecule has 0 aliphatic carbocycles. The normalized spacial score (nSPS) is 11.9. The number of aryl methyl sites for hydroxylation is 1. The quantitative estimate of drug-likeness (QED) is 0.746. The lowest BCUT2D eigenvalue weighted by atomic mass is 10.0. The molecule has 0 saturated carbocycles. The second kappa shape index (κ2) is 3.93. The smallest absolute Gasteiger partial charge is 0.139 e. The van der Waals surface area contributed by atoms with Gasteiger partial charge >= 0.3 is 0 Å². The summed E-state index contributed by atoms with van der Waals surface area (Å²) >= 11 is 0. The zero-order chi connectivity index (χ0) is 11.9. The van der Waals surface area contributed by atoms with Crippen molar-refractivity contribution >= 4 is 11.0 Å². The number of aromatic nitrogens is 2. The van der Waals surface area contributed by atoms with Crippen LogP contribution in [-0.2, 0) is 7.05 Å². The lowest BCUT2D eigenvalue weighted by Gasteiger charge is -2.07. The summed E-state index contributed by atoms with van der Waals surface area (Å²) in [6.45, 7) is 8.85. The Hall–Kier alpha value is -1.31. The van der Waals surface area contributed by atoms with Gasteiger partial charge in [0, 0.05) is 24.3 Å². The Bertz CT molecular complexity index is 507. The van der Waals surface area contributed by atoms with Crippen LogP contribution in [0.1, 0.15) is 50.8 Å². The molecule has 0 atom stereocenters. The molecule has 2 aromatic rings. The van der Waals surface area contributed by atoms with E-state index in [0.717, 1.165) is 5.65 Å². The van der Waals surface area contributed by atoms with Gasteiger partial charge in [0.2, 0.25) is 0 Å². The van der Waals surface area contributed by atoms with Crippen LogP contribution >= 0.6 is 0 Å². The topological polar surface area (TPSA) is 17.8 Å². The van der Waals surface area contributed by atoms with E-state index in [2.05, 4.69) is 56.4 Å². The first kappa shape index (κ1) is 11.2. The maximum Gasteiger partial charge on any atom is 0.139 e. The van der Waals surface area contributed by atoms with Gasteiger partial charge in [-0.1, -0.05) is 27.7 Å². The molecule has 86 valence electrons. The van der Waals surface area contributed by atoms with Crippen LogP contribution in [0.5, 0.6) is 0 Å². The molecule has 0 N–H and O–H groups in total. The lowest BCUT2D eigenvalue weighted by molar-refractivity contribution is 0.750. The number of fused-ring (bicyclic) bond motifs is 1. The lowest BCUT2D eigenvalue weighted by Crippen LogP contribution is -1.98. The molecule has 0 aliphatic heterocycles. The fourth-order valence-corrected chi connectivity index (χ4v) is 2.13. The van der Waals surface area contributed by atoms with Crippen molar-refractivity contribution < 1.29 is 0 Å². The Morgan fingerprint density at radius 1 is 1.06 bits per heavy atom. The third-order valence-corrected chi connectivity index (χ3v) is 3.18. The van der Waals surface area contributed by atoms with Crippen LogP contribution < -0.4 is 0 Å². The summed E-state index contributed by atoms with van der Waals surface area (Å²) in [5.74, 6) is 1.08. The van der Waals surface area contributed by atoms with Gasteiger partial charge in [0.25, 0.3) is 0 Å². The molecule has 0 unspecified atom stereocenters. The highest BCUT2D eigenvalue weighted by molar-refractivity contribution is 5.78. The minimum atomic E-state index is 0.541. The van der Waals surface area contributed by atoms with Gasteiger partial charge in [-0.2, -0.15) is 0 Å². The molecular weight excluding hydrogens is 196 g/mol. The van der Waals surface area contributed by atoms with Crippen LogP contribution in [0, 0.1) is 0 Å². The van der Waals surface area contributed by atoms with E-state index in [-0.39, 0.29) is 0 Å². The molecule has 0 saturated heterocycles. The number of pyridine rings is 1. The molecule has 0 bridgehead atoms. The van der Waals surface area contributed by atoms with Crippen molar-refractivity contribution in [1.29, 1.82) is 0 Å². The molecular formula is C14H20N2. The molecule has 2 rings (SSSR count). The van der Waals surface area contributed by atoms with Crippen LogP contribution in [0.2, 0.25) is 0 Å². The molecule has 0 spiro atoms. The molecule has 2 aromatic heterocycles. The molecule has 2 nitrogen and oxygen atoms in total. The van der Waals surface area contributed by atoms with Crippen molar-refractivity contribution in [2.24, 2.45) is 7.05 Å². The molecule has 0 fully saturated rings. The SMILES string of the molecule is CC(C)c1cnc2c(c1)cc(C(C)C)n2C. The highest BCUT2D eigenvalue weighted by Crippen LogP contribution is 2.25. The van der Waals surface area contributed by atoms with Gasteiger partial charge in [0.05, 0.1) is 0 Å². The first-order valence-corrected chi connectivity index (χ1v) is 5.96. The number of hydrogen-bond acceptors (Lipinski definition) is 1. The summed E-state index contributed by atoms with van der Waals surface area (Å²) in [5.41, 5.74) is 3.75. The van der Waals surface area contributed by atoms with E-state index in [4.69, 9.17) is 0 Å². The Balaban J connectivity index is 2.63. The van der Waals surface area contributed by atoms with Gasteiger partial charge in [-0.05, 0) is 29.5 Å². The largest absolute Gasteiger partial charge is 0.332 e. The molecule has 0 amide bonds. The second-order valence-electron chi connectivity index (χ2n) is 5.12. The van der Waals surface area contributed by atoms with Crippen molar-refractivity contribution in [2.75, 3.05) is 0 Å². The molecule has 2 heteroatoms. The Kier molecular flexibility index (Phi) is 2.75. The first-order chi connectivity index (χ1) is 7.50. The molecule has 0 aliphatic rings. The number of hydrogen-bond donors (Lipinski definition) is 0. The van der Waals surface area contributed by atoms with Crippen molar-refractivity contribution in [3.8, 4) is 0 Å². The van der Waals surface area contributed by atoms with Gasteiger partial charge in [-0.25, -0.2) is 4.98 Å². The van der Waals surface area contributed by atoms with Crippen LogP contribution in [0.4, 0.5) is 0 Å². The highest BCUT2D eigenvalue weighted by atomic mass is 15.0. The average molecular weight is 216 g/mol. The Morgan fingerprint density at radius 3 is 2.31 bits per heavy atom. The number of nitrogens with zero attached hydrogens (tertiary/aromatic N) is 2. The zero-order valence-corrected chi connectivity index (χ0v) is 10.8. The van der Waals surface area contributed by atoms with E-state index in [0.29, 0.717) is 11.8 Å². The van der Waals surface area contributed by atoms with Crippen molar-refractivity contribution in [3.05, 3.63) is 29.6 Å². The summed E-state index contributed by atoms with van der Waals surface area (Å²) < 4.78 is 2.20. The minimum Gasteiger partial charge on any atom is -0.332 e. The Labute approximate surface area is 97.3 Å². The van der Waals surface area contributed by atoms with E-state index in [1.165, 1.54) is 16.6 Å². The summed E-state index contributed by atoms with van der Waals surface area (Å²) in [6.07, 6.45) is 2.00. The average Bonchev–Trinajstić information content (AvgIpc) is 2.55. The van der Waals surface area contributed by atoms with E-state index >= 15 is 0 Å².